The minimum Gasteiger partial charge on any atom is -0.300 e. The van der Waals surface area contributed by atoms with Gasteiger partial charge in [0.2, 0.25) is 0 Å². The maximum atomic E-state index is 10.7. The first kappa shape index (κ1) is 9.50. The summed E-state index contributed by atoms with van der Waals surface area (Å²) in [5.74, 6) is 1.11. The SMILES string of the molecule is CC(=O)CCC1CC=C(C)CC1. The summed E-state index contributed by atoms with van der Waals surface area (Å²) < 4.78 is 0. The van der Waals surface area contributed by atoms with Crippen molar-refractivity contribution in [3.63, 3.8) is 0 Å². The molecule has 1 aliphatic rings. The van der Waals surface area contributed by atoms with E-state index in [0.717, 1.165) is 18.8 Å². The van der Waals surface area contributed by atoms with Crippen LogP contribution in [0.25, 0.3) is 0 Å². The number of ketones is 1. The van der Waals surface area contributed by atoms with Gasteiger partial charge in [-0.25, -0.2) is 0 Å². The van der Waals surface area contributed by atoms with Crippen molar-refractivity contribution in [1.29, 1.82) is 0 Å². The summed E-state index contributed by atoms with van der Waals surface area (Å²) in [6, 6.07) is 0. The summed E-state index contributed by atoms with van der Waals surface area (Å²) in [5, 5.41) is 0. The molecule has 0 aliphatic heterocycles. The Balaban J connectivity index is 2.23. The summed E-state index contributed by atoms with van der Waals surface area (Å²) in [5.41, 5.74) is 1.52. The van der Waals surface area contributed by atoms with Crippen molar-refractivity contribution < 1.29 is 4.79 Å². The van der Waals surface area contributed by atoms with Crippen LogP contribution >= 0.6 is 0 Å². The summed E-state index contributed by atoms with van der Waals surface area (Å²) >= 11 is 0. The van der Waals surface area contributed by atoms with Crippen molar-refractivity contribution in [2.24, 2.45) is 5.92 Å². The topological polar surface area (TPSA) is 17.1 Å². The molecule has 68 valence electrons. The maximum absolute atomic E-state index is 10.7. The predicted octanol–water partition coefficient (Wildman–Crippen LogP) is 3.10. The smallest absolute Gasteiger partial charge is 0.129 e. The third kappa shape index (κ3) is 3.21. The molecule has 1 nitrogen and oxygen atoms in total. The molecule has 0 aromatic carbocycles. The zero-order chi connectivity index (χ0) is 8.97. The first-order valence-electron chi connectivity index (χ1n) is 4.83. The van der Waals surface area contributed by atoms with Crippen LogP contribution < -0.4 is 0 Å². The lowest BCUT2D eigenvalue weighted by atomic mass is 9.87. The highest BCUT2D eigenvalue weighted by Gasteiger charge is 2.12. The lowest BCUT2D eigenvalue weighted by Gasteiger charge is -2.19. The second-order valence-electron chi connectivity index (χ2n) is 3.93. The van der Waals surface area contributed by atoms with Crippen molar-refractivity contribution in [2.75, 3.05) is 0 Å². The second-order valence-corrected chi connectivity index (χ2v) is 3.93. The molecule has 1 aliphatic carbocycles. The molecule has 0 bridgehead atoms. The Labute approximate surface area is 74.9 Å². The standard InChI is InChI=1S/C11H18O/c1-9-3-6-11(7-4-9)8-5-10(2)12/h3,11H,4-8H2,1-2H3. The number of carbonyl (C=O) groups excluding carboxylic acids is 1. The number of allylic oxidation sites excluding steroid dienone is 2. The Hall–Kier alpha value is -0.590. The molecule has 0 aromatic heterocycles. The van der Waals surface area contributed by atoms with Crippen LogP contribution in [0.2, 0.25) is 0 Å². The minimum atomic E-state index is 0.335. The lowest BCUT2D eigenvalue weighted by molar-refractivity contribution is -0.117. The molecular weight excluding hydrogens is 148 g/mol. The predicted molar refractivity (Wildman–Crippen MR) is 51.0 cm³/mol. The number of hydrogen-bond acceptors (Lipinski definition) is 1. The molecule has 1 rings (SSSR count). The average Bonchev–Trinajstić information content (AvgIpc) is 2.03. The van der Waals surface area contributed by atoms with E-state index in [4.69, 9.17) is 0 Å². The van der Waals surface area contributed by atoms with E-state index in [1.807, 2.05) is 0 Å². The summed E-state index contributed by atoms with van der Waals surface area (Å²) in [7, 11) is 0. The summed E-state index contributed by atoms with van der Waals surface area (Å²) in [6.07, 6.45) is 7.92. The zero-order valence-electron chi connectivity index (χ0n) is 8.10. The van der Waals surface area contributed by atoms with Gasteiger partial charge in [0.05, 0.1) is 0 Å². The molecule has 0 fully saturated rings. The van der Waals surface area contributed by atoms with E-state index in [1.54, 1.807) is 6.92 Å². The minimum absolute atomic E-state index is 0.335. The van der Waals surface area contributed by atoms with E-state index in [0.29, 0.717) is 5.78 Å². The number of hydrogen-bond donors (Lipinski definition) is 0. The van der Waals surface area contributed by atoms with Gasteiger partial charge in [0.1, 0.15) is 5.78 Å². The Bertz CT molecular complexity index is 191. The van der Waals surface area contributed by atoms with Crippen molar-refractivity contribution in [1.82, 2.24) is 0 Å². The Kier molecular flexibility index (Phi) is 3.51. The first-order chi connectivity index (χ1) is 5.68. The van der Waals surface area contributed by atoms with Gasteiger partial charge in [-0.05, 0) is 45.4 Å². The molecule has 0 heterocycles. The third-order valence-corrected chi connectivity index (χ3v) is 2.65. The zero-order valence-corrected chi connectivity index (χ0v) is 8.10. The van der Waals surface area contributed by atoms with Gasteiger partial charge in [0.15, 0.2) is 0 Å². The maximum Gasteiger partial charge on any atom is 0.129 e. The fraction of sp³-hybridized carbons (Fsp3) is 0.727. The van der Waals surface area contributed by atoms with Gasteiger partial charge in [-0.15, -0.1) is 0 Å². The van der Waals surface area contributed by atoms with E-state index in [1.165, 1.54) is 24.8 Å². The molecule has 12 heavy (non-hydrogen) atoms. The highest BCUT2D eigenvalue weighted by atomic mass is 16.1. The Morgan fingerprint density at radius 1 is 1.67 bits per heavy atom. The number of rotatable bonds is 3. The first-order valence-corrected chi connectivity index (χ1v) is 4.83. The molecule has 0 saturated heterocycles. The molecule has 0 N–H and O–H groups in total. The van der Waals surface area contributed by atoms with Crippen molar-refractivity contribution in [3.8, 4) is 0 Å². The Morgan fingerprint density at radius 3 is 2.92 bits per heavy atom. The van der Waals surface area contributed by atoms with Crippen LogP contribution in [0.4, 0.5) is 0 Å². The largest absolute Gasteiger partial charge is 0.300 e. The highest BCUT2D eigenvalue weighted by Crippen LogP contribution is 2.26. The van der Waals surface area contributed by atoms with Crippen LogP contribution in [0.1, 0.15) is 46.0 Å². The van der Waals surface area contributed by atoms with Gasteiger partial charge >= 0.3 is 0 Å². The number of carbonyl (C=O) groups is 1. The van der Waals surface area contributed by atoms with E-state index in [2.05, 4.69) is 13.0 Å². The fourth-order valence-electron chi connectivity index (χ4n) is 1.69. The molecule has 0 aromatic rings. The lowest BCUT2D eigenvalue weighted by Crippen LogP contribution is -2.06. The molecule has 1 heteroatoms. The van der Waals surface area contributed by atoms with Gasteiger partial charge in [0, 0.05) is 6.42 Å². The van der Waals surface area contributed by atoms with Gasteiger partial charge in [-0.2, -0.15) is 0 Å². The van der Waals surface area contributed by atoms with Gasteiger partial charge in [-0.1, -0.05) is 11.6 Å². The van der Waals surface area contributed by atoms with Gasteiger partial charge in [0.25, 0.3) is 0 Å². The molecule has 1 atom stereocenters. The molecule has 0 saturated carbocycles. The summed E-state index contributed by atoms with van der Waals surface area (Å²) in [4.78, 5) is 10.7. The van der Waals surface area contributed by atoms with Gasteiger partial charge < -0.3 is 4.79 Å². The molecular formula is C11H18O. The Morgan fingerprint density at radius 2 is 2.42 bits per heavy atom. The van der Waals surface area contributed by atoms with Crippen LogP contribution in [-0.2, 0) is 4.79 Å². The third-order valence-electron chi connectivity index (χ3n) is 2.65. The van der Waals surface area contributed by atoms with Crippen LogP contribution in [0.15, 0.2) is 11.6 Å². The number of Topliss-reactive ketones (excluding diaryl/α,β-unsaturated/α-hetero) is 1. The van der Waals surface area contributed by atoms with Gasteiger partial charge in [-0.3, -0.25) is 0 Å². The average molecular weight is 166 g/mol. The van der Waals surface area contributed by atoms with Crippen molar-refractivity contribution >= 4 is 5.78 Å². The van der Waals surface area contributed by atoms with Crippen LogP contribution in [0.3, 0.4) is 0 Å². The molecule has 0 spiro atoms. The molecule has 1 unspecified atom stereocenters. The van der Waals surface area contributed by atoms with Crippen LogP contribution in [0, 0.1) is 5.92 Å². The normalized spacial score (nSPS) is 23.5. The van der Waals surface area contributed by atoms with Crippen LogP contribution in [-0.4, -0.2) is 5.78 Å². The van der Waals surface area contributed by atoms with E-state index in [9.17, 15) is 4.79 Å². The fourth-order valence-corrected chi connectivity index (χ4v) is 1.69. The van der Waals surface area contributed by atoms with E-state index in [-0.39, 0.29) is 0 Å². The summed E-state index contributed by atoms with van der Waals surface area (Å²) in [6.45, 7) is 3.88. The monoisotopic (exact) mass is 166 g/mol. The van der Waals surface area contributed by atoms with Crippen LogP contribution in [0.5, 0.6) is 0 Å². The van der Waals surface area contributed by atoms with E-state index >= 15 is 0 Å². The van der Waals surface area contributed by atoms with E-state index < -0.39 is 0 Å². The second kappa shape index (κ2) is 4.44. The quantitative estimate of drug-likeness (QED) is 0.589. The van der Waals surface area contributed by atoms with Crippen molar-refractivity contribution in [2.45, 2.75) is 46.0 Å². The highest BCUT2D eigenvalue weighted by molar-refractivity contribution is 5.75. The molecule has 0 radical (unpaired) electrons. The van der Waals surface area contributed by atoms with Crippen molar-refractivity contribution in [3.05, 3.63) is 11.6 Å². The molecule has 0 amide bonds.